The van der Waals surface area contributed by atoms with Crippen molar-refractivity contribution in [1.82, 2.24) is 9.78 Å². The molecule has 2 N–H and O–H groups in total. The van der Waals surface area contributed by atoms with Gasteiger partial charge in [0.15, 0.2) is 0 Å². The van der Waals surface area contributed by atoms with E-state index < -0.39 is 13.1 Å². The van der Waals surface area contributed by atoms with Gasteiger partial charge in [0.25, 0.3) is 0 Å². The van der Waals surface area contributed by atoms with Crippen LogP contribution in [0.2, 0.25) is 0 Å². The van der Waals surface area contributed by atoms with Gasteiger partial charge in [-0.25, -0.2) is 4.79 Å². The molecule has 0 saturated heterocycles. The van der Waals surface area contributed by atoms with Gasteiger partial charge in [-0.05, 0) is 30.1 Å². The van der Waals surface area contributed by atoms with Gasteiger partial charge < -0.3 is 14.8 Å². The minimum Gasteiger partial charge on any atom is -0.465 e. The van der Waals surface area contributed by atoms with Crippen molar-refractivity contribution in [1.29, 1.82) is 0 Å². The third-order valence-electron chi connectivity index (χ3n) is 4.08. The van der Waals surface area contributed by atoms with Crippen LogP contribution >= 0.6 is 0 Å². The molecule has 0 aliphatic carbocycles. The molecule has 0 amide bonds. The number of ether oxygens (including phenoxy) is 1. The van der Waals surface area contributed by atoms with Crippen LogP contribution in [0.25, 0.3) is 10.9 Å². The van der Waals surface area contributed by atoms with Gasteiger partial charge in [0.05, 0.1) is 30.9 Å². The lowest BCUT2D eigenvalue weighted by Gasteiger charge is -2.09. The van der Waals surface area contributed by atoms with Gasteiger partial charge in [0.2, 0.25) is 0 Å². The largest absolute Gasteiger partial charge is 0.488 e. The summed E-state index contributed by atoms with van der Waals surface area (Å²) in [5, 5.41) is 23.6. The van der Waals surface area contributed by atoms with Crippen molar-refractivity contribution in [2.75, 3.05) is 7.11 Å². The molecule has 130 valence electrons. The Bertz CT molecular complexity index is 1010. The van der Waals surface area contributed by atoms with Crippen molar-refractivity contribution < 1.29 is 19.6 Å². The first kappa shape index (κ1) is 17.7. The predicted octanol–water partition coefficient (Wildman–Crippen LogP) is 0.922. The van der Waals surface area contributed by atoms with Gasteiger partial charge in [0.1, 0.15) is 0 Å². The molecular weight excluding hydrogens is 331 g/mol. The maximum atomic E-state index is 12.2. The summed E-state index contributed by atoms with van der Waals surface area (Å²) in [5.74, 6) is 5.45. The Morgan fingerprint density at radius 2 is 1.96 bits per heavy atom. The highest BCUT2D eigenvalue weighted by atomic mass is 16.5. The number of methoxy groups -OCH3 is 1. The molecule has 0 unspecified atom stereocenters. The molecule has 0 spiro atoms. The first-order valence-electron chi connectivity index (χ1n) is 7.99. The lowest BCUT2D eigenvalue weighted by Crippen LogP contribution is -2.29. The third kappa shape index (κ3) is 3.33. The normalized spacial score (nSPS) is 10.3. The lowest BCUT2D eigenvalue weighted by atomic mass is 9.80. The van der Waals surface area contributed by atoms with Crippen molar-refractivity contribution in [3.05, 3.63) is 59.3 Å². The van der Waals surface area contributed by atoms with Gasteiger partial charge in [0, 0.05) is 10.9 Å². The topological polar surface area (TPSA) is 84.6 Å². The molecule has 0 fully saturated rings. The maximum Gasteiger partial charge on any atom is 0.488 e. The number of hydrogen-bond donors (Lipinski definition) is 2. The van der Waals surface area contributed by atoms with Gasteiger partial charge in [-0.3, -0.25) is 4.68 Å². The molecule has 0 aliphatic heterocycles. The quantitative estimate of drug-likeness (QED) is 0.416. The van der Waals surface area contributed by atoms with E-state index in [4.69, 9.17) is 4.74 Å². The molecule has 1 aromatic heterocycles. The van der Waals surface area contributed by atoms with Gasteiger partial charge >= 0.3 is 13.1 Å². The van der Waals surface area contributed by atoms with E-state index in [2.05, 4.69) is 16.9 Å². The van der Waals surface area contributed by atoms with E-state index >= 15 is 0 Å². The molecule has 6 nitrogen and oxygen atoms in total. The average Bonchev–Trinajstić information content (AvgIpc) is 3.06. The van der Waals surface area contributed by atoms with E-state index in [1.54, 1.807) is 54.2 Å². The van der Waals surface area contributed by atoms with Crippen LogP contribution in [-0.4, -0.2) is 40.0 Å². The number of nitrogens with zero attached hydrogens (tertiary/aromatic N) is 2. The molecule has 0 aliphatic rings. The lowest BCUT2D eigenvalue weighted by molar-refractivity contribution is 0.0602. The zero-order chi connectivity index (χ0) is 18.7. The van der Waals surface area contributed by atoms with Crippen LogP contribution in [-0.2, 0) is 11.3 Å². The van der Waals surface area contributed by atoms with Crippen LogP contribution in [0.4, 0.5) is 0 Å². The highest BCUT2D eigenvalue weighted by Gasteiger charge is 2.17. The Hall–Kier alpha value is -3.08. The van der Waals surface area contributed by atoms with Gasteiger partial charge in [-0.1, -0.05) is 30.2 Å². The van der Waals surface area contributed by atoms with E-state index in [-0.39, 0.29) is 0 Å². The second-order valence-electron chi connectivity index (χ2n) is 5.71. The summed E-state index contributed by atoms with van der Waals surface area (Å²) in [7, 11) is -0.163. The van der Waals surface area contributed by atoms with E-state index in [0.29, 0.717) is 23.1 Å². The molecule has 3 rings (SSSR count). The second kappa shape index (κ2) is 7.44. The van der Waals surface area contributed by atoms with Crippen molar-refractivity contribution in [2.45, 2.75) is 13.5 Å². The van der Waals surface area contributed by atoms with Gasteiger partial charge in [-0.15, -0.1) is 5.92 Å². The summed E-state index contributed by atoms with van der Waals surface area (Å²) in [6.45, 7) is 2.17. The zero-order valence-electron chi connectivity index (χ0n) is 14.4. The summed E-state index contributed by atoms with van der Waals surface area (Å²) in [6, 6.07) is 10.3. The van der Waals surface area contributed by atoms with Crippen LogP contribution in [0.1, 0.15) is 28.4 Å². The van der Waals surface area contributed by atoms with Crippen molar-refractivity contribution in [2.24, 2.45) is 0 Å². The molecule has 7 heteroatoms. The van der Waals surface area contributed by atoms with E-state index in [9.17, 15) is 14.8 Å². The Balaban J connectivity index is 2.08. The molecular formula is C19H17BN2O4. The van der Waals surface area contributed by atoms with Crippen LogP contribution in [0.3, 0.4) is 0 Å². The molecule has 3 aromatic rings. The Morgan fingerprint density at radius 3 is 2.58 bits per heavy atom. The fraction of sp³-hybridized carbons (Fsp3) is 0.158. The van der Waals surface area contributed by atoms with E-state index in [1.165, 1.54) is 7.11 Å². The fourth-order valence-electron chi connectivity index (χ4n) is 2.81. The van der Waals surface area contributed by atoms with Crippen LogP contribution < -0.4 is 5.46 Å². The Labute approximate surface area is 151 Å². The highest BCUT2D eigenvalue weighted by molar-refractivity contribution is 6.58. The number of esters is 1. The minimum absolute atomic E-state index is 0.412. The fourth-order valence-corrected chi connectivity index (χ4v) is 2.81. The first-order valence-corrected chi connectivity index (χ1v) is 7.99. The number of carbonyl (C=O) groups excluding carboxylic acids is 1. The molecule has 0 saturated carbocycles. The number of benzene rings is 2. The van der Waals surface area contributed by atoms with Crippen LogP contribution in [0.15, 0.2) is 42.6 Å². The molecule has 0 bridgehead atoms. The molecule has 1 heterocycles. The summed E-state index contributed by atoms with van der Waals surface area (Å²) >= 11 is 0. The first-order chi connectivity index (χ1) is 12.5. The SMILES string of the molecule is CC#Cc1ccc(C(=O)OC)c2c1cnn2Cc1ccc(B(O)O)cc1. The van der Waals surface area contributed by atoms with Gasteiger partial charge in [-0.2, -0.15) is 5.10 Å². The molecule has 26 heavy (non-hydrogen) atoms. The number of rotatable bonds is 4. The average molecular weight is 348 g/mol. The third-order valence-corrected chi connectivity index (χ3v) is 4.08. The number of carbonyl (C=O) groups is 1. The van der Waals surface area contributed by atoms with Crippen LogP contribution in [0.5, 0.6) is 0 Å². The van der Waals surface area contributed by atoms with Crippen molar-refractivity contribution in [3.8, 4) is 11.8 Å². The van der Waals surface area contributed by atoms with E-state index in [0.717, 1.165) is 16.5 Å². The maximum absolute atomic E-state index is 12.2. The number of hydrogen-bond acceptors (Lipinski definition) is 5. The zero-order valence-corrected chi connectivity index (χ0v) is 14.4. The van der Waals surface area contributed by atoms with E-state index in [1.807, 2.05) is 0 Å². The number of fused-ring (bicyclic) bond motifs is 1. The number of aromatic nitrogens is 2. The highest BCUT2D eigenvalue weighted by Crippen LogP contribution is 2.24. The van der Waals surface area contributed by atoms with Crippen molar-refractivity contribution in [3.63, 3.8) is 0 Å². The molecule has 0 radical (unpaired) electrons. The summed E-state index contributed by atoms with van der Waals surface area (Å²) in [5.41, 5.74) is 3.18. The summed E-state index contributed by atoms with van der Waals surface area (Å²) in [4.78, 5) is 12.2. The Kier molecular flexibility index (Phi) is 5.07. The molecule has 0 atom stereocenters. The second-order valence-corrected chi connectivity index (χ2v) is 5.71. The summed E-state index contributed by atoms with van der Waals surface area (Å²) in [6.07, 6.45) is 1.69. The minimum atomic E-state index is -1.50. The smallest absolute Gasteiger partial charge is 0.465 e. The Morgan fingerprint density at radius 1 is 1.23 bits per heavy atom. The molecule has 2 aromatic carbocycles. The standard InChI is InChI=1S/C19H17BN2O4/c1-3-4-14-7-10-16(19(23)26-2)18-17(14)11-21-22(18)12-13-5-8-15(9-6-13)20(24)25/h5-11,24-25H,12H2,1-2H3. The monoisotopic (exact) mass is 348 g/mol. The summed E-state index contributed by atoms with van der Waals surface area (Å²) < 4.78 is 6.60. The van der Waals surface area contributed by atoms with Crippen LogP contribution in [0, 0.1) is 11.8 Å². The van der Waals surface area contributed by atoms with Crippen molar-refractivity contribution >= 4 is 29.5 Å². The predicted molar refractivity (Wildman–Crippen MR) is 99.0 cm³/mol.